The molecule has 0 aromatic carbocycles. The summed E-state index contributed by atoms with van der Waals surface area (Å²) in [4.78, 5) is 16.6. The molecule has 96 valence electrons. The highest BCUT2D eigenvalue weighted by Gasteiger charge is 2.17. The van der Waals surface area contributed by atoms with Crippen molar-refractivity contribution in [3.8, 4) is 0 Å². The number of carbonyl (C=O) groups excluding carboxylic acids is 1. The van der Waals surface area contributed by atoms with E-state index in [0.717, 1.165) is 10.7 Å². The molecule has 1 aromatic rings. The number of aromatic nitrogens is 1. The van der Waals surface area contributed by atoms with E-state index >= 15 is 0 Å². The first-order valence-corrected chi connectivity index (χ1v) is 6.53. The number of hydrogen-bond donors (Lipinski definition) is 1. The Balaban J connectivity index is 2.71. The van der Waals surface area contributed by atoms with Gasteiger partial charge in [-0.2, -0.15) is 0 Å². The largest absolute Gasteiger partial charge is 0.462 e. The molecule has 17 heavy (non-hydrogen) atoms. The Morgan fingerprint density at radius 1 is 1.47 bits per heavy atom. The summed E-state index contributed by atoms with van der Waals surface area (Å²) in [5, 5.41) is 4.26. The average molecular weight is 256 g/mol. The molecule has 0 radical (unpaired) electrons. The zero-order valence-electron chi connectivity index (χ0n) is 11.1. The summed E-state index contributed by atoms with van der Waals surface area (Å²) in [6.45, 7) is 11.0. The minimum Gasteiger partial charge on any atom is -0.462 e. The number of nitrogens with zero attached hydrogens (tertiary/aromatic N) is 1. The minimum absolute atomic E-state index is 0.0453. The van der Waals surface area contributed by atoms with Crippen molar-refractivity contribution in [3.63, 3.8) is 0 Å². The van der Waals surface area contributed by atoms with Crippen LogP contribution in [0.2, 0.25) is 0 Å². The van der Waals surface area contributed by atoms with Crippen molar-refractivity contribution in [3.05, 3.63) is 15.6 Å². The number of nitrogens with one attached hydrogen (secondary N) is 1. The maximum atomic E-state index is 11.6. The Bertz CT molecular complexity index is 394. The maximum absolute atomic E-state index is 11.6. The zero-order valence-corrected chi connectivity index (χ0v) is 11.9. The molecule has 0 aliphatic carbocycles. The molecule has 0 fully saturated rings. The van der Waals surface area contributed by atoms with Crippen LogP contribution in [0, 0.1) is 6.92 Å². The van der Waals surface area contributed by atoms with E-state index in [1.807, 2.05) is 6.92 Å². The molecule has 0 amide bonds. The predicted molar refractivity (Wildman–Crippen MR) is 69.4 cm³/mol. The zero-order chi connectivity index (χ0) is 13.1. The van der Waals surface area contributed by atoms with E-state index in [-0.39, 0.29) is 11.5 Å². The van der Waals surface area contributed by atoms with Gasteiger partial charge in [-0.05, 0) is 34.6 Å². The van der Waals surface area contributed by atoms with Crippen LogP contribution in [0.3, 0.4) is 0 Å². The number of thiazole rings is 1. The first-order chi connectivity index (χ1) is 7.83. The molecule has 0 atom stereocenters. The van der Waals surface area contributed by atoms with Gasteiger partial charge in [0.05, 0.1) is 12.3 Å². The average Bonchev–Trinajstić information content (AvgIpc) is 2.56. The molecule has 4 nitrogen and oxygen atoms in total. The Morgan fingerprint density at radius 2 is 2.12 bits per heavy atom. The Labute approximate surface area is 106 Å². The maximum Gasteiger partial charge on any atom is 0.350 e. The highest BCUT2D eigenvalue weighted by molar-refractivity contribution is 7.13. The van der Waals surface area contributed by atoms with E-state index in [9.17, 15) is 4.79 Å². The molecule has 1 heterocycles. The Morgan fingerprint density at radius 3 is 2.65 bits per heavy atom. The molecule has 1 aromatic heterocycles. The molecule has 1 N–H and O–H groups in total. The van der Waals surface area contributed by atoms with Crippen molar-refractivity contribution < 1.29 is 9.53 Å². The van der Waals surface area contributed by atoms with Gasteiger partial charge in [0.2, 0.25) is 0 Å². The third kappa shape index (κ3) is 4.44. The smallest absolute Gasteiger partial charge is 0.350 e. The number of carbonyl (C=O) groups is 1. The molecular weight excluding hydrogens is 236 g/mol. The van der Waals surface area contributed by atoms with E-state index in [1.54, 1.807) is 6.92 Å². The van der Waals surface area contributed by atoms with Crippen LogP contribution in [-0.2, 0) is 11.3 Å². The highest BCUT2D eigenvalue weighted by atomic mass is 32.1. The Kier molecular flexibility index (Phi) is 4.65. The van der Waals surface area contributed by atoms with Gasteiger partial charge in [0.15, 0.2) is 0 Å². The fourth-order valence-electron chi connectivity index (χ4n) is 1.25. The van der Waals surface area contributed by atoms with Crippen LogP contribution in [0.1, 0.15) is 48.1 Å². The van der Waals surface area contributed by atoms with Gasteiger partial charge in [0.25, 0.3) is 0 Å². The predicted octanol–water partition coefficient (Wildman–Crippen LogP) is 2.52. The number of rotatable bonds is 4. The lowest BCUT2D eigenvalue weighted by Gasteiger charge is -2.19. The van der Waals surface area contributed by atoms with Crippen LogP contribution in [0.4, 0.5) is 0 Å². The summed E-state index contributed by atoms with van der Waals surface area (Å²) in [7, 11) is 0. The number of aryl methyl sites for hydroxylation is 1. The highest BCUT2D eigenvalue weighted by Crippen LogP contribution is 2.19. The van der Waals surface area contributed by atoms with Crippen molar-refractivity contribution in [2.45, 2.75) is 46.7 Å². The molecule has 0 bridgehead atoms. The molecule has 0 saturated carbocycles. The van der Waals surface area contributed by atoms with Crippen LogP contribution in [0.5, 0.6) is 0 Å². The minimum atomic E-state index is -0.274. The fourth-order valence-corrected chi connectivity index (χ4v) is 2.15. The lowest BCUT2D eigenvalue weighted by molar-refractivity contribution is 0.0531. The van der Waals surface area contributed by atoms with Crippen LogP contribution in [-0.4, -0.2) is 23.1 Å². The van der Waals surface area contributed by atoms with Crippen molar-refractivity contribution >= 4 is 17.3 Å². The normalized spacial score (nSPS) is 11.6. The van der Waals surface area contributed by atoms with Gasteiger partial charge in [0.1, 0.15) is 9.88 Å². The summed E-state index contributed by atoms with van der Waals surface area (Å²) in [5.41, 5.74) is 0.795. The van der Waals surface area contributed by atoms with Crippen molar-refractivity contribution in [2.75, 3.05) is 6.61 Å². The number of hydrogen-bond acceptors (Lipinski definition) is 5. The third-order valence-corrected chi connectivity index (χ3v) is 3.21. The first kappa shape index (κ1) is 14.1. The summed E-state index contributed by atoms with van der Waals surface area (Å²) in [6, 6.07) is 0. The number of esters is 1. The summed E-state index contributed by atoms with van der Waals surface area (Å²) in [5.74, 6) is -0.274. The molecule has 0 unspecified atom stereocenters. The van der Waals surface area contributed by atoms with Gasteiger partial charge in [-0.15, -0.1) is 11.3 Å². The van der Waals surface area contributed by atoms with E-state index in [1.165, 1.54) is 11.3 Å². The number of ether oxygens (including phenoxy) is 1. The van der Waals surface area contributed by atoms with Gasteiger partial charge >= 0.3 is 5.97 Å². The second-order valence-corrected chi connectivity index (χ2v) is 5.93. The van der Waals surface area contributed by atoms with Gasteiger partial charge < -0.3 is 10.1 Å². The quantitative estimate of drug-likeness (QED) is 0.841. The summed E-state index contributed by atoms with van der Waals surface area (Å²) in [6.07, 6.45) is 0. The van der Waals surface area contributed by atoms with E-state index in [0.29, 0.717) is 18.0 Å². The molecule has 5 heteroatoms. The standard InChI is InChI=1S/C12H20N2O2S/c1-6-16-11(15)10-8(2)14-9(17-10)7-13-12(3,4)5/h13H,6-7H2,1-5H3. The van der Waals surface area contributed by atoms with E-state index < -0.39 is 0 Å². The van der Waals surface area contributed by atoms with Gasteiger partial charge in [-0.25, -0.2) is 9.78 Å². The van der Waals surface area contributed by atoms with Crippen molar-refractivity contribution in [1.29, 1.82) is 0 Å². The van der Waals surface area contributed by atoms with Crippen molar-refractivity contribution in [1.82, 2.24) is 10.3 Å². The van der Waals surface area contributed by atoms with E-state index in [2.05, 4.69) is 31.1 Å². The molecular formula is C12H20N2O2S. The molecule has 0 aliphatic rings. The van der Waals surface area contributed by atoms with Gasteiger partial charge in [0, 0.05) is 12.1 Å². The SMILES string of the molecule is CCOC(=O)c1sc(CNC(C)(C)C)nc1C. The van der Waals surface area contributed by atoms with Gasteiger partial charge in [-0.1, -0.05) is 0 Å². The molecule has 0 aliphatic heterocycles. The van der Waals surface area contributed by atoms with Crippen molar-refractivity contribution in [2.24, 2.45) is 0 Å². The molecule has 0 spiro atoms. The second-order valence-electron chi connectivity index (χ2n) is 4.85. The first-order valence-electron chi connectivity index (χ1n) is 5.72. The van der Waals surface area contributed by atoms with E-state index in [4.69, 9.17) is 4.74 Å². The summed E-state index contributed by atoms with van der Waals surface area (Å²) >= 11 is 1.40. The van der Waals surface area contributed by atoms with Crippen LogP contribution >= 0.6 is 11.3 Å². The fraction of sp³-hybridized carbons (Fsp3) is 0.667. The lowest BCUT2D eigenvalue weighted by atomic mass is 10.1. The third-order valence-electron chi connectivity index (χ3n) is 2.07. The van der Waals surface area contributed by atoms with Crippen LogP contribution in [0.25, 0.3) is 0 Å². The second kappa shape index (κ2) is 5.60. The monoisotopic (exact) mass is 256 g/mol. The summed E-state index contributed by atoms with van der Waals surface area (Å²) < 4.78 is 4.98. The lowest BCUT2D eigenvalue weighted by Crippen LogP contribution is -2.35. The van der Waals surface area contributed by atoms with Crippen LogP contribution < -0.4 is 5.32 Å². The molecule has 0 saturated heterocycles. The molecule has 1 rings (SSSR count). The van der Waals surface area contributed by atoms with Gasteiger partial charge in [-0.3, -0.25) is 0 Å². The van der Waals surface area contributed by atoms with Crippen LogP contribution in [0.15, 0.2) is 0 Å². The topological polar surface area (TPSA) is 51.2 Å². The Hall–Kier alpha value is -0.940.